The molecule has 1 aromatic heterocycles. The molecule has 1 unspecified atom stereocenters. The molecule has 0 saturated heterocycles. The number of aromatic nitrogens is 1. The SMILES string of the molecule is CC(C)C(C)Oc1cnccc1CO. The Morgan fingerprint density at radius 3 is 2.71 bits per heavy atom. The van der Waals surface area contributed by atoms with Crippen LogP contribution in [0.15, 0.2) is 18.5 Å². The van der Waals surface area contributed by atoms with Gasteiger partial charge in [0.15, 0.2) is 0 Å². The fourth-order valence-corrected chi connectivity index (χ4v) is 0.982. The zero-order valence-corrected chi connectivity index (χ0v) is 8.90. The van der Waals surface area contributed by atoms with Crippen molar-refractivity contribution >= 4 is 0 Å². The van der Waals surface area contributed by atoms with Crippen LogP contribution in [0.1, 0.15) is 26.3 Å². The van der Waals surface area contributed by atoms with Crippen molar-refractivity contribution in [2.24, 2.45) is 5.92 Å². The molecule has 1 aromatic rings. The molecule has 0 aliphatic rings. The molecule has 0 radical (unpaired) electrons. The van der Waals surface area contributed by atoms with Gasteiger partial charge in [0.1, 0.15) is 5.75 Å². The molecule has 1 atom stereocenters. The third-order valence-corrected chi connectivity index (χ3v) is 2.29. The van der Waals surface area contributed by atoms with E-state index in [9.17, 15) is 0 Å². The van der Waals surface area contributed by atoms with Crippen LogP contribution in [-0.2, 0) is 6.61 Å². The average Bonchev–Trinajstić information content (AvgIpc) is 2.18. The molecule has 0 amide bonds. The fourth-order valence-electron chi connectivity index (χ4n) is 0.982. The lowest BCUT2D eigenvalue weighted by molar-refractivity contribution is 0.163. The van der Waals surface area contributed by atoms with E-state index in [0.29, 0.717) is 11.7 Å². The Balaban J connectivity index is 2.75. The second-order valence-electron chi connectivity index (χ2n) is 3.71. The van der Waals surface area contributed by atoms with Crippen LogP contribution in [0.3, 0.4) is 0 Å². The van der Waals surface area contributed by atoms with Crippen LogP contribution in [0, 0.1) is 5.92 Å². The molecule has 3 heteroatoms. The number of aliphatic hydroxyl groups is 1. The minimum atomic E-state index is -0.0112. The summed E-state index contributed by atoms with van der Waals surface area (Å²) in [6, 6.07) is 1.77. The molecule has 0 aromatic carbocycles. The van der Waals surface area contributed by atoms with E-state index in [-0.39, 0.29) is 12.7 Å². The quantitative estimate of drug-likeness (QED) is 0.799. The molecular weight excluding hydrogens is 178 g/mol. The van der Waals surface area contributed by atoms with Gasteiger partial charge in [-0.15, -0.1) is 0 Å². The number of hydrogen-bond acceptors (Lipinski definition) is 3. The van der Waals surface area contributed by atoms with Crippen molar-refractivity contribution in [3.05, 3.63) is 24.0 Å². The first-order valence-corrected chi connectivity index (χ1v) is 4.85. The minimum Gasteiger partial charge on any atom is -0.488 e. The highest BCUT2D eigenvalue weighted by atomic mass is 16.5. The first kappa shape index (κ1) is 11.0. The Bertz CT molecular complexity index is 286. The van der Waals surface area contributed by atoms with Crippen molar-refractivity contribution in [3.8, 4) is 5.75 Å². The van der Waals surface area contributed by atoms with E-state index in [1.54, 1.807) is 18.5 Å². The predicted molar refractivity (Wildman–Crippen MR) is 55.1 cm³/mol. The maximum absolute atomic E-state index is 9.06. The van der Waals surface area contributed by atoms with Crippen LogP contribution < -0.4 is 4.74 Å². The van der Waals surface area contributed by atoms with Gasteiger partial charge in [-0.05, 0) is 18.9 Å². The van der Waals surface area contributed by atoms with Gasteiger partial charge in [-0.3, -0.25) is 4.98 Å². The van der Waals surface area contributed by atoms with E-state index in [1.807, 2.05) is 6.92 Å². The maximum Gasteiger partial charge on any atom is 0.143 e. The summed E-state index contributed by atoms with van der Waals surface area (Å²) in [4.78, 5) is 3.97. The summed E-state index contributed by atoms with van der Waals surface area (Å²) < 4.78 is 5.68. The first-order chi connectivity index (χ1) is 6.65. The van der Waals surface area contributed by atoms with E-state index in [1.165, 1.54) is 0 Å². The molecule has 0 aliphatic heterocycles. The molecule has 0 saturated carbocycles. The third kappa shape index (κ3) is 2.70. The van der Waals surface area contributed by atoms with Gasteiger partial charge in [0.25, 0.3) is 0 Å². The van der Waals surface area contributed by atoms with Gasteiger partial charge < -0.3 is 9.84 Å². The highest BCUT2D eigenvalue weighted by molar-refractivity contribution is 5.29. The fraction of sp³-hybridized carbons (Fsp3) is 0.545. The second-order valence-corrected chi connectivity index (χ2v) is 3.71. The second kappa shape index (κ2) is 4.96. The molecule has 0 bridgehead atoms. The van der Waals surface area contributed by atoms with Gasteiger partial charge in [0, 0.05) is 11.8 Å². The summed E-state index contributed by atoms with van der Waals surface area (Å²) in [6.45, 7) is 6.20. The zero-order chi connectivity index (χ0) is 10.6. The molecule has 14 heavy (non-hydrogen) atoms. The summed E-state index contributed by atoms with van der Waals surface area (Å²) in [5.41, 5.74) is 0.785. The Morgan fingerprint density at radius 1 is 1.43 bits per heavy atom. The van der Waals surface area contributed by atoms with Gasteiger partial charge in [-0.2, -0.15) is 0 Å². The summed E-state index contributed by atoms with van der Waals surface area (Å²) >= 11 is 0. The lowest BCUT2D eigenvalue weighted by Gasteiger charge is -2.19. The first-order valence-electron chi connectivity index (χ1n) is 4.85. The van der Waals surface area contributed by atoms with Crippen molar-refractivity contribution in [1.82, 2.24) is 4.98 Å². The Labute approximate surface area is 84.7 Å². The molecular formula is C11H17NO2. The van der Waals surface area contributed by atoms with Crippen LogP contribution in [-0.4, -0.2) is 16.2 Å². The highest BCUT2D eigenvalue weighted by Gasteiger charge is 2.10. The molecule has 3 nitrogen and oxygen atoms in total. The summed E-state index contributed by atoms with van der Waals surface area (Å²) in [6.07, 6.45) is 3.42. The van der Waals surface area contributed by atoms with Crippen molar-refractivity contribution < 1.29 is 9.84 Å². The monoisotopic (exact) mass is 195 g/mol. The van der Waals surface area contributed by atoms with Gasteiger partial charge in [-0.1, -0.05) is 13.8 Å². The molecule has 78 valence electrons. The smallest absolute Gasteiger partial charge is 0.143 e. The number of nitrogens with zero attached hydrogens (tertiary/aromatic N) is 1. The Morgan fingerprint density at radius 2 is 2.14 bits per heavy atom. The molecule has 1 heterocycles. The van der Waals surface area contributed by atoms with Gasteiger partial charge >= 0.3 is 0 Å². The van der Waals surface area contributed by atoms with E-state index in [4.69, 9.17) is 9.84 Å². The average molecular weight is 195 g/mol. The highest BCUT2D eigenvalue weighted by Crippen LogP contribution is 2.19. The van der Waals surface area contributed by atoms with Crippen LogP contribution in [0.5, 0.6) is 5.75 Å². The van der Waals surface area contributed by atoms with Crippen LogP contribution in [0.2, 0.25) is 0 Å². The molecule has 1 N–H and O–H groups in total. The number of rotatable bonds is 4. The minimum absolute atomic E-state index is 0.0112. The van der Waals surface area contributed by atoms with Crippen LogP contribution in [0.25, 0.3) is 0 Å². The largest absolute Gasteiger partial charge is 0.488 e. The van der Waals surface area contributed by atoms with E-state index >= 15 is 0 Å². The summed E-state index contributed by atoms with van der Waals surface area (Å²) in [5, 5.41) is 9.06. The van der Waals surface area contributed by atoms with E-state index in [2.05, 4.69) is 18.8 Å². The van der Waals surface area contributed by atoms with Crippen molar-refractivity contribution in [1.29, 1.82) is 0 Å². The number of pyridine rings is 1. The molecule has 0 fully saturated rings. The van der Waals surface area contributed by atoms with Gasteiger partial charge in [-0.25, -0.2) is 0 Å². The number of ether oxygens (including phenoxy) is 1. The standard InChI is InChI=1S/C11H17NO2/c1-8(2)9(3)14-11-6-12-5-4-10(11)7-13/h4-6,8-9,13H,7H2,1-3H3. The van der Waals surface area contributed by atoms with Gasteiger partial charge in [0.05, 0.1) is 18.9 Å². The number of aliphatic hydroxyl groups excluding tert-OH is 1. The van der Waals surface area contributed by atoms with Crippen LogP contribution >= 0.6 is 0 Å². The molecule has 0 aliphatic carbocycles. The topological polar surface area (TPSA) is 42.4 Å². The lowest BCUT2D eigenvalue weighted by Crippen LogP contribution is -2.19. The van der Waals surface area contributed by atoms with Crippen LogP contribution in [0.4, 0.5) is 0 Å². The summed E-state index contributed by atoms with van der Waals surface area (Å²) in [7, 11) is 0. The predicted octanol–water partition coefficient (Wildman–Crippen LogP) is 2.00. The number of hydrogen-bond donors (Lipinski definition) is 1. The summed E-state index contributed by atoms with van der Waals surface area (Å²) in [5.74, 6) is 1.12. The zero-order valence-electron chi connectivity index (χ0n) is 8.90. The van der Waals surface area contributed by atoms with E-state index in [0.717, 1.165) is 5.56 Å². The third-order valence-electron chi connectivity index (χ3n) is 2.29. The Kier molecular flexibility index (Phi) is 3.89. The lowest BCUT2D eigenvalue weighted by atomic mass is 10.1. The van der Waals surface area contributed by atoms with Crippen molar-refractivity contribution in [2.75, 3.05) is 0 Å². The van der Waals surface area contributed by atoms with Crippen molar-refractivity contribution in [2.45, 2.75) is 33.5 Å². The molecule has 0 spiro atoms. The van der Waals surface area contributed by atoms with Gasteiger partial charge in [0.2, 0.25) is 0 Å². The Hall–Kier alpha value is -1.09. The molecule has 1 rings (SSSR count). The van der Waals surface area contributed by atoms with Crippen molar-refractivity contribution in [3.63, 3.8) is 0 Å². The normalized spacial score (nSPS) is 12.9. The maximum atomic E-state index is 9.06. The van der Waals surface area contributed by atoms with E-state index < -0.39 is 0 Å².